The van der Waals surface area contributed by atoms with Crippen LogP contribution in [0.5, 0.6) is 0 Å². The van der Waals surface area contributed by atoms with E-state index in [4.69, 9.17) is 0 Å². The van der Waals surface area contributed by atoms with Gasteiger partial charge in [0.25, 0.3) is 0 Å². The Balaban J connectivity index is 2.64. The molecule has 1 unspecified atom stereocenters. The van der Waals surface area contributed by atoms with Crippen molar-refractivity contribution in [1.82, 2.24) is 15.1 Å². The van der Waals surface area contributed by atoms with Crippen LogP contribution in [0.4, 0.5) is 0 Å². The largest absolute Gasteiger partial charge is 0.391 e. The minimum atomic E-state index is -0.381. The van der Waals surface area contributed by atoms with Gasteiger partial charge in [-0.3, -0.25) is 4.68 Å². The molecule has 0 aliphatic heterocycles. The fourth-order valence-electron chi connectivity index (χ4n) is 1.71. The molecule has 0 amide bonds. The van der Waals surface area contributed by atoms with Gasteiger partial charge in [-0.2, -0.15) is 5.10 Å². The molecule has 4 nitrogen and oxygen atoms in total. The second kappa shape index (κ2) is 6.52. The number of aliphatic hydroxyl groups is 1. The lowest BCUT2D eigenvalue weighted by Crippen LogP contribution is -2.33. The third-order valence-corrected chi connectivity index (χ3v) is 3.61. The molecule has 0 radical (unpaired) electrons. The first-order chi connectivity index (χ1) is 7.95. The Hall–Kier alpha value is -0.390. The number of hydrogen-bond donors (Lipinski definition) is 2. The molecule has 1 aromatic heterocycles. The van der Waals surface area contributed by atoms with Crippen molar-refractivity contribution in [3.8, 4) is 0 Å². The summed E-state index contributed by atoms with van der Waals surface area (Å²) in [6, 6.07) is 0.394. The average molecular weight is 304 g/mol. The second-order valence-corrected chi connectivity index (χ2v) is 5.40. The molecule has 2 N–H and O–H groups in total. The Labute approximate surface area is 112 Å². The second-order valence-electron chi connectivity index (χ2n) is 4.61. The van der Waals surface area contributed by atoms with E-state index >= 15 is 0 Å². The molecule has 0 aromatic carbocycles. The molecule has 0 saturated heterocycles. The van der Waals surface area contributed by atoms with Crippen LogP contribution in [0.3, 0.4) is 0 Å². The van der Waals surface area contributed by atoms with Crippen LogP contribution in [0.2, 0.25) is 0 Å². The van der Waals surface area contributed by atoms with Gasteiger partial charge >= 0.3 is 0 Å². The number of nitrogens with zero attached hydrogens (tertiary/aromatic N) is 2. The molecule has 1 aromatic rings. The van der Waals surface area contributed by atoms with Crippen molar-refractivity contribution in [1.29, 1.82) is 0 Å². The predicted octanol–water partition coefficient (Wildman–Crippen LogP) is 1.65. The van der Waals surface area contributed by atoms with E-state index in [-0.39, 0.29) is 6.10 Å². The van der Waals surface area contributed by atoms with Gasteiger partial charge in [0, 0.05) is 26.1 Å². The summed E-state index contributed by atoms with van der Waals surface area (Å²) in [7, 11) is 1.92. The fourth-order valence-corrected chi connectivity index (χ4v) is 2.49. The number of halogens is 1. The van der Waals surface area contributed by atoms with Gasteiger partial charge < -0.3 is 10.4 Å². The van der Waals surface area contributed by atoms with E-state index in [1.165, 1.54) is 0 Å². The molecule has 0 bridgehead atoms. The number of nitrogens with one attached hydrogen (secondary N) is 1. The van der Waals surface area contributed by atoms with Crippen molar-refractivity contribution in [3.05, 3.63) is 15.9 Å². The summed E-state index contributed by atoms with van der Waals surface area (Å²) in [6.45, 7) is 6.83. The zero-order chi connectivity index (χ0) is 13.0. The normalized spacial score (nSPS) is 13.4. The molecular weight excluding hydrogens is 282 g/mol. The summed E-state index contributed by atoms with van der Waals surface area (Å²) in [5.74, 6) is 0. The lowest BCUT2D eigenvalue weighted by molar-refractivity contribution is 0.166. The molecule has 0 spiro atoms. The molecule has 5 heteroatoms. The van der Waals surface area contributed by atoms with E-state index in [1.807, 2.05) is 11.7 Å². The molecule has 1 heterocycles. The van der Waals surface area contributed by atoms with E-state index in [0.29, 0.717) is 19.0 Å². The van der Waals surface area contributed by atoms with Crippen LogP contribution in [0.1, 0.15) is 32.2 Å². The van der Waals surface area contributed by atoms with Gasteiger partial charge in [0.15, 0.2) is 0 Å². The van der Waals surface area contributed by atoms with E-state index in [2.05, 4.69) is 47.1 Å². The summed E-state index contributed by atoms with van der Waals surface area (Å²) >= 11 is 3.56. The lowest BCUT2D eigenvalue weighted by atomic mass is 10.1. The molecule has 0 saturated carbocycles. The van der Waals surface area contributed by atoms with Crippen molar-refractivity contribution >= 4 is 15.9 Å². The van der Waals surface area contributed by atoms with E-state index in [9.17, 15) is 5.11 Å². The Morgan fingerprint density at radius 3 is 2.59 bits per heavy atom. The smallest absolute Gasteiger partial charge is 0.0766 e. The van der Waals surface area contributed by atoms with Gasteiger partial charge in [-0.15, -0.1) is 0 Å². The van der Waals surface area contributed by atoms with Gasteiger partial charge in [0.1, 0.15) is 0 Å². The van der Waals surface area contributed by atoms with Gasteiger partial charge in [0.2, 0.25) is 0 Å². The van der Waals surface area contributed by atoms with Crippen molar-refractivity contribution in [2.75, 3.05) is 6.54 Å². The van der Waals surface area contributed by atoms with Crippen LogP contribution in [-0.4, -0.2) is 33.6 Å². The van der Waals surface area contributed by atoms with Crippen LogP contribution in [0, 0.1) is 0 Å². The number of aryl methyl sites for hydroxylation is 2. The monoisotopic (exact) mass is 303 g/mol. The van der Waals surface area contributed by atoms with Gasteiger partial charge in [-0.05, 0) is 22.4 Å². The third kappa shape index (κ3) is 4.08. The Bertz CT molecular complexity index is 363. The lowest BCUT2D eigenvalue weighted by Gasteiger charge is -2.14. The summed E-state index contributed by atoms with van der Waals surface area (Å²) in [5, 5.41) is 17.6. The molecule has 1 rings (SSSR count). The first-order valence-corrected chi connectivity index (χ1v) is 6.86. The maximum atomic E-state index is 9.96. The minimum Gasteiger partial charge on any atom is -0.391 e. The number of aliphatic hydroxyl groups excluding tert-OH is 1. The van der Waals surface area contributed by atoms with Crippen LogP contribution in [0.15, 0.2) is 4.47 Å². The highest BCUT2D eigenvalue weighted by atomic mass is 79.9. The maximum absolute atomic E-state index is 9.96. The van der Waals surface area contributed by atoms with Crippen molar-refractivity contribution in [2.24, 2.45) is 7.05 Å². The summed E-state index contributed by atoms with van der Waals surface area (Å²) in [5.41, 5.74) is 2.10. The summed E-state index contributed by atoms with van der Waals surface area (Å²) in [4.78, 5) is 0. The van der Waals surface area contributed by atoms with Crippen molar-refractivity contribution in [3.63, 3.8) is 0 Å². The maximum Gasteiger partial charge on any atom is 0.0766 e. The minimum absolute atomic E-state index is 0.381. The van der Waals surface area contributed by atoms with Gasteiger partial charge in [-0.1, -0.05) is 20.8 Å². The first kappa shape index (κ1) is 14.7. The molecule has 98 valence electrons. The molecule has 0 aliphatic carbocycles. The van der Waals surface area contributed by atoms with Crippen LogP contribution in [-0.2, 0) is 19.9 Å². The number of hydrogen-bond acceptors (Lipinski definition) is 3. The number of aromatic nitrogens is 2. The Morgan fingerprint density at radius 1 is 1.47 bits per heavy atom. The highest BCUT2D eigenvalue weighted by Gasteiger charge is 2.16. The highest BCUT2D eigenvalue weighted by molar-refractivity contribution is 9.10. The average Bonchev–Trinajstić information content (AvgIpc) is 2.53. The molecule has 17 heavy (non-hydrogen) atoms. The van der Waals surface area contributed by atoms with Crippen LogP contribution in [0.25, 0.3) is 0 Å². The van der Waals surface area contributed by atoms with E-state index in [0.717, 1.165) is 22.3 Å². The quantitative estimate of drug-likeness (QED) is 0.840. The Kier molecular flexibility index (Phi) is 5.62. The van der Waals surface area contributed by atoms with Crippen molar-refractivity contribution < 1.29 is 5.11 Å². The van der Waals surface area contributed by atoms with E-state index in [1.54, 1.807) is 0 Å². The predicted molar refractivity (Wildman–Crippen MR) is 73.1 cm³/mol. The topological polar surface area (TPSA) is 50.1 Å². The SMILES string of the molecule is CCc1nn(C)c(CC(O)CNC(C)C)c1Br. The Morgan fingerprint density at radius 2 is 2.12 bits per heavy atom. The highest BCUT2D eigenvalue weighted by Crippen LogP contribution is 2.22. The van der Waals surface area contributed by atoms with Gasteiger partial charge in [0.05, 0.1) is 22.0 Å². The zero-order valence-corrected chi connectivity index (χ0v) is 12.6. The number of rotatable bonds is 6. The molecular formula is C12H22BrN3O. The van der Waals surface area contributed by atoms with Crippen molar-refractivity contribution in [2.45, 2.75) is 45.8 Å². The zero-order valence-electron chi connectivity index (χ0n) is 11.0. The van der Waals surface area contributed by atoms with Crippen LogP contribution >= 0.6 is 15.9 Å². The molecule has 1 atom stereocenters. The van der Waals surface area contributed by atoms with Gasteiger partial charge in [-0.25, -0.2) is 0 Å². The fraction of sp³-hybridized carbons (Fsp3) is 0.750. The summed E-state index contributed by atoms with van der Waals surface area (Å²) in [6.07, 6.45) is 1.13. The van der Waals surface area contributed by atoms with E-state index < -0.39 is 0 Å². The van der Waals surface area contributed by atoms with Crippen LogP contribution < -0.4 is 5.32 Å². The standard InChI is InChI=1S/C12H22BrN3O/c1-5-10-12(13)11(16(4)15-10)6-9(17)7-14-8(2)3/h8-9,14,17H,5-7H2,1-4H3. The third-order valence-electron chi connectivity index (χ3n) is 2.69. The molecule has 0 fully saturated rings. The summed E-state index contributed by atoms with van der Waals surface area (Å²) < 4.78 is 2.88. The molecule has 0 aliphatic rings. The first-order valence-electron chi connectivity index (χ1n) is 6.07.